The zero-order valence-electron chi connectivity index (χ0n) is 9.04. The third kappa shape index (κ3) is 2.61. The van der Waals surface area contributed by atoms with Crippen molar-refractivity contribution in [3.63, 3.8) is 0 Å². The molecule has 0 unspecified atom stereocenters. The molecule has 15 heavy (non-hydrogen) atoms. The zero-order valence-corrected chi connectivity index (χ0v) is 9.04. The van der Waals surface area contributed by atoms with Crippen LogP contribution in [-0.2, 0) is 0 Å². The smallest absolute Gasteiger partial charge is 0.270 e. The predicted octanol–water partition coefficient (Wildman–Crippen LogP) is 2.42. The van der Waals surface area contributed by atoms with Gasteiger partial charge in [0, 0.05) is 19.3 Å². The Balaban J connectivity index is 1.98. The van der Waals surface area contributed by atoms with Crippen molar-refractivity contribution >= 4 is 5.91 Å². The highest BCUT2D eigenvalue weighted by atomic mass is 16.2. The molecule has 1 fully saturated rings. The van der Waals surface area contributed by atoms with Gasteiger partial charge in [-0.25, -0.2) is 0 Å². The van der Waals surface area contributed by atoms with E-state index in [2.05, 4.69) is 4.98 Å². The van der Waals surface area contributed by atoms with E-state index in [1.54, 1.807) is 6.20 Å². The molecule has 1 aromatic heterocycles. The van der Waals surface area contributed by atoms with Gasteiger partial charge in [0.05, 0.1) is 0 Å². The van der Waals surface area contributed by atoms with E-state index in [0.29, 0.717) is 0 Å². The fraction of sp³-hybridized carbons (Fsp3) is 0.583. The van der Waals surface area contributed by atoms with E-state index in [-0.39, 0.29) is 5.91 Å². The van der Waals surface area contributed by atoms with E-state index in [1.165, 1.54) is 19.3 Å². The highest BCUT2D eigenvalue weighted by molar-refractivity contribution is 5.92. The number of amides is 1. The van der Waals surface area contributed by atoms with E-state index >= 15 is 0 Å². The summed E-state index contributed by atoms with van der Waals surface area (Å²) >= 11 is 0. The van der Waals surface area contributed by atoms with Crippen LogP contribution >= 0.6 is 0 Å². The Kier molecular flexibility index (Phi) is 3.43. The largest absolute Gasteiger partial charge is 0.357 e. The van der Waals surface area contributed by atoms with Gasteiger partial charge in [0.2, 0.25) is 0 Å². The van der Waals surface area contributed by atoms with Crippen molar-refractivity contribution < 1.29 is 4.79 Å². The highest BCUT2D eigenvalue weighted by Gasteiger charge is 2.16. The highest BCUT2D eigenvalue weighted by Crippen LogP contribution is 2.12. The van der Waals surface area contributed by atoms with Crippen molar-refractivity contribution in [2.45, 2.75) is 32.1 Å². The average molecular weight is 206 g/mol. The summed E-state index contributed by atoms with van der Waals surface area (Å²) in [6.45, 7) is 1.83. The zero-order chi connectivity index (χ0) is 10.5. The third-order valence-corrected chi connectivity index (χ3v) is 2.97. The number of aromatic nitrogens is 1. The summed E-state index contributed by atoms with van der Waals surface area (Å²) in [5.41, 5.74) is 0.718. The molecule has 3 nitrogen and oxygen atoms in total. The first-order chi connectivity index (χ1) is 7.38. The molecule has 1 aromatic rings. The molecule has 0 aromatic carbocycles. The molecule has 1 amide bonds. The Hall–Kier alpha value is -1.25. The van der Waals surface area contributed by atoms with Gasteiger partial charge < -0.3 is 9.88 Å². The van der Waals surface area contributed by atoms with Crippen LogP contribution in [0, 0.1) is 0 Å². The molecular formula is C12H18N2O. The first kappa shape index (κ1) is 10.3. The topological polar surface area (TPSA) is 36.1 Å². The number of rotatable bonds is 1. The van der Waals surface area contributed by atoms with Gasteiger partial charge in [-0.2, -0.15) is 0 Å². The molecule has 0 spiro atoms. The lowest BCUT2D eigenvalue weighted by molar-refractivity contribution is 0.0737. The second-order valence-electron chi connectivity index (χ2n) is 4.14. The van der Waals surface area contributed by atoms with Crippen LogP contribution in [0.4, 0.5) is 0 Å². The van der Waals surface area contributed by atoms with Crippen LogP contribution in [0.1, 0.15) is 42.6 Å². The number of likely N-dealkylation sites (tertiary alicyclic amines) is 1. The Morgan fingerprint density at radius 1 is 1.13 bits per heavy atom. The van der Waals surface area contributed by atoms with Crippen LogP contribution in [0.25, 0.3) is 0 Å². The van der Waals surface area contributed by atoms with Crippen molar-refractivity contribution in [1.82, 2.24) is 9.88 Å². The fourth-order valence-corrected chi connectivity index (χ4v) is 2.08. The van der Waals surface area contributed by atoms with Crippen LogP contribution in [0.15, 0.2) is 18.3 Å². The van der Waals surface area contributed by atoms with Gasteiger partial charge in [0.25, 0.3) is 5.91 Å². The molecule has 0 radical (unpaired) electrons. The third-order valence-electron chi connectivity index (χ3n) is 2.97. The molecule has 0 aliphatic carbocycles. The predicted molar refractivity (Wildman–Crippen MR) is 59.8 cm³/mol. The molecule has 3 heteroatoms. The van der Waals surface area contributed by atoms with E-state index in [1.807, 2.05) is 17.0 Å². The van der Waals surface area contributed by atoms with E-state index < -0.39 is 0 Å². The molecule has 1 N–H and O–H groups in total. The van der Waals surface area contributed by atoms with Crippen molar-refractivity contribution in [2.75, 3.05) is 13.1 Å². The van der Waals surface area contributed by atoms with Gasteiger partial charge in [-0.1, -0.05) is 19.3 Å². The monoisotopic (exact) mass is 206 g/mol. The number of carbonyl (C=O) groups is 1. The second-order valence-corrected chi connectivity index (χ2v) is 4.14. The lowest BCUT2D eigenvalue weighted by Crippen LogP contribution is -2.33. The van der Waals surface area contributed by atoms with E-state index in [0.717, 1.165) is 31.6 Å². The summed E-state index contributed by atoms with van der Waals surface area (Å²) in [5, 5.41) is 0. The van der Waals surface area contributed by atoms with Gasteiger partial charge in [-0.05, 0) is 25.0 Å². The van der Waals surface area contributed by atoms with Crippen LogP contribution in [0.2, 0.25) is 0 Å². The SMILES string of the molecule is O=C(c1ccc[nH]1)N1CCCCCCC1. The summed E-state index contributed by atoms with van der Waals surface area (Å²) in [6, 6.07) is 3.72. The van der Waals surface area contributed by atoms with E-state index in [9.17, 15) is 4.79 Å². The summed E-state index contributed by atoms with van der Waals surface area (Å²) in [4.78, 5) is 17.0. The van der Waals surface area contributed by atoms with Gasteiger partial charge >= 0.3 is 0 Å². The molecule has 0 bridgehead atoms. The maximum atomic E-state index is 12.0. The quantitative estimate of drug-likeness (QED) is 0.752. The lowest BCUT2D eigenvalue weighted by Gasteiger charge is -2.24. The van der Waals surface area contributed by atoms with Crippen molar-refractivity contribution in [3.8, 4) is 0 Å². The minimum atomic E-state index is 0.155. The summed E-state index contributed by atoms with van der Waals surface area (Å²) in [7, 11) is 0. The normalized spacial score (nSPS) is 18.3. The summed E-state index contributed by atoms with van der Waals surface area (Å²) in [5.74, 6) is 0.155. The Morgan fingerprint density at radius 3 is 2.40 bits per heavy atom. The second kappa shape index (κ2) is 5.01. The molecular weight excluding hydrogens is 188 g/mol. The van der Waals surface area contributed by atoms with E-state index in [4.69, 9.17) is 0 Å². The van der Waals surface area contributed by atoms with Gasteiger partial charge in [0.15, 0.2) is 0 Å². The fourth-order valence-electron chi connectivity index (χ4n) is 2.08. The molecule has 1 aliphatic heterocycles. The standard InChI is InChI=1S/C12H18N2O/c15-12(11-7-6-8-13-11)14-9-4-2-1-3-5-10-14/h6-8,13H,1-5,9-10H2. The molecule has 0 atom stereocenters. The Labute approximate surface area is 90.5 Å². The number of hydrogen-bond acceptors (Lipinski definition) is 1. The number of hydrogen-bond donors (Lipinski definition) is 1. The first-order valence-corrected chi connectivity index (χ1v) is 5.80. The van der Waals surface area contributed by atoms with Gasteiger partial charge in [0.1, 0.15) is 5.69 Å². The summed E-state index contributed by atoms with van der Waals surface area (Å²) < 4.78 is 0. The number of carbonyl (C=O) groups excluding carboxylic acids is 1. The van der Waals surface area contributed by atoms with Crippen molar-refractivity contribution in [1.29, 1.82) is 0 Å². The Morgan fingerprint density at radius 2 is 1.80 bits per heavy atom. The maximum Gasteiger partial charge on any atom is 0.270 e. The average Bonchev–Trinajstić information content (AvgIpc) is 2.68. The van der Waals surface area contributed by atoms with Crippen molar-refractivity contribution in [2.24, 2.45) is 0 Å². The number of nitrogens with one attached hydrogen (secondary N) is 1. The van der Waals surface area contributed by atoms with Crippen LogP contribution in [-0.4, -0.2) is 28.9 Å². The maximum absolute atomic E-state index is 12.0. The number of aromatic amines is 1. The minimum absolute atomic E-state index is 0.155. The summed E-state index contributed by atoms with van der Waals surface area (Å²) in [6.07, 6.45) is 7.93. The first-order valence-electron chi connectivity index (χ1n) is 5.80. The molecule has 1 aliphatic rings. The van der Waals surface area contributed by atoms with Crippen molar-refractivity contribution in [3.05, 3.63) is 24.0 Å². The van der Waals surface area contributed by atoms with Gasteiger partial charge in [-0.3, -0.25) is 4.79 Å². The van der Waals surface area contributed by atoms with Gasteiger partial charge in [-0.15, -0.1) is 0 Å². The molecule has 2 rings (SSSR count). The van der Waals surface area contributed by atoms with Crippen LogP contribution in [0.3, 0.4) is 0 Å². The van der Waals surface area contributed by atoms with Crippen LogP contribution in [0.5, 0.6) is 0 Å². The minimum Gasteiger partial charge on any atom is -0.357 e. The van der Waals surface area contributed by atoms with Crippen LogP contribution < -0.4 is 0 Å². The lowest BCUT2D eigenvalue weighted by atomic mass is 10.1. The number of nitrogens with zero attached hydrogens (tertiary/aromatic N) is 1. The molecule has 82 valence electrons. The molecule has 1 saturated heterocycles. The number of H-pyrrole nitrogens is 1. The molecule has 0 saturated carbocycles. The molecule has 2 heterocycles. The Bertz CT molecular complexity index is 297.